The van der Waals surface area contributed by atoms with Gasteiger partial charge >= 0.3 is 0 Å². The van der Waals surface area contributed by atoms with Gasteiger partial charge < -0.3 is 0 Å². The highest BCUT2D eigenvalue weighted by atomic mass is 15.6. The van der Waals surface area contributed by atoms with Crippen LogP contribution in [0.5, 0.6) is 0 Å². The molecule has 0 aliphatic carbocycles. The molecule has 0 saturated heterocycles. The molecule has 0 radical (unpaired) electrons. The highest BCUT2D eigenvalue weighted by Gasteiger charge is 2.24. The molecule has 166 valence electrons. The maximum Gasteiger partial charge on any atom is 0.215 e. The first kappa shape index (κ1) is 21.5. The molecule has 0 amide bonds. The van der Waals surface area contributed by atoms with Crippen LogP contribution in [0.3, 0.4) is 0 Å². The maximum absolute atomic E-state index is 5.17. The van der Waals surface area contributed by atoms with Crippen LogP contribution in [0.1, 0.15) is 16.7 Å². The molecule has 0 bridgehead atoms. The van der Waals surface area contributed by atoms with Gasteiger partial charge in [0.2, 0.25) is 5.82 Å². The van der Waals surface area contributed by atoms with Crippen molar-refractivity contribution in [1.82, 2.24) is 9.97 Å². The second-order valence-corrected chi connectivity index (χ2v) is 8.47. The van der Waals surface area contributed by atoms with E-state index < -0.39 is 0 Å². The third-order valence-corrected chi connectivity index (χ3v) is 5.72. The Balaban J connectivity index is 1.71. The van der Waals surface area contributed by atoms with Crippen molar-refractivity contribution in [2.45, 2.75) is 20.4 Å². The van der Waals surface area contributed by atoms with Gasteiger partial charge in [0, 0.05) is 23.3 Å². The summed E-state index contributed by atoms with van der Waals surface area (Å²) in [6, 6.07) is 33.3. The molecule has 0 saturated carbocycles. The van der Waals surface area contributed by atoms with Crippen LogP contribution in [0, 0.1) is 13.8 Å². The van der Waals surface area contributed by atoms with Crippen molar-refractivity contribution in [3.63, 3.8) is 0 Å². The standard InChI is InChI=1S/C30H27N4/c1-23-18-24(2)20-27(19-23)29-30(31-21-28(32-29)26-14-8-4-9-15-26)34(33-16-10-5-11-17-33)22-25-12-6-3-7-13-25/h3-21H,22H2,1-2H3/q+1. The van der Waals surface area contributed by atoms with Crippen molar-refractivity contribution >= 4 is 5.82 Å². The predicted molar refractivity (Wildman–Crippen MR) is 137 cm³/mol. The summed E-state index contributed by atoms with van der Waals surface area (Å²) in [7, 11) is 0. The van der Waals surface area contributed by atoms with Gasteiger partial charge in [-0.25, -0.2) is 9.97 Å². The van der Waals surface area contributed by atoms with Gasteiger partial charge in [0.05, 0.1) is 11.9 Å². The quantitative estimate of drug-likeness (QED) is 0.294. The number of rotatable bonds is 6. The summed E-state index contributed by atoms with van der Waals surface area (Å²) >= 11 is 0. The van der Waals surface area contributed by atoms with E-state index in [9.17, 15) is 0 Å². The van der Waals surface area contributed by atoms with Crippen LogP contribution in [0.15, 0.2) is 116 Å². The van der Waals surface area contributed by atoms with E-state index in [4.69, 9.17) is 9.97 Å². The molecule has 4 heteroatoms. The van der Waals surface area contributed by atoms with E-state index in [2.05, 4.69) is 78.1 Å². The molecule has 0 fully saturated rings. The first-order chi connectivity index (χ1) is 16.7. The minimum atomic E-state index is 0.659. The summed E-state index contributed by atoms with van der Waals surface area (Å²) < 4.78 is 2.07. The van der Waals surface area contributed by atoms with E-state index in [-0.39, 0.29) is 0 Å². The van der Waals surface area contributed by atoms with Crippen LogP contribution in [-0.4, -0.2) is 9.97 Å². The highest BCUT2D eigenvalue weighted by molar-refractivity contribution is 5.75. The van der Waals surface area contributed by atoms with Gasteiger partial charge in [-0.05, 0) is 31.5 Å². The number of benzene rings is 3. The number of anilines is 1. The fourth-order valence-electron chi connectivity index (χ4n) is 4.20. The van der Waals surface area contributed by atoms with Gasteiger partial charge in [0.1, 0.15) is 12.2 Å². The van der Waals surface area contributed by atoms with Crippen molar-refractivity contribution < 1.29 is 4.68 Å². The van der Waals surface area contributed by atoms with Crippen LogP contribution in [-0.2, 0) is 6.54 Å². The molecular formula is C30H27N4+. The van der Waals surface area contributed by atoms with E-state index in [1.54, 1.807) is 0 Å². The van der Waals surface area contributed by atoms with Gasteiger partial charge in [0.15, 0.2) is 12.4 Å². The van der Waals surface area contributed by atoms with E-state index >= 15 is 0 Å². The summed E-state index contributed by atoms with van der Waals surface area (Å²) in [5, 5.41) is 2.17. The Labute approximate surface area is 200 Å². The van der Waals surface area contributed by atoms with E-state index in [0.29, 0.717) is 6.54 Å². The molecule has 4 nitrogen and oxygen atoms in total. The van der Waals surface area contributed by atoms with Gasteiger partial charge in [-0.15, -0.1) is 5.01 Å². The van der Waals surface area contributed by atoms with Gasteiger partial charge in [-0.2, -0.15) is 0 Å². The average molecular weight is 444 g/mol. The number of hydrogen-bond acceptors (Lipinski definition) is 3. The molecule has 0 unspecified atom stereocenters. The average Bonchev–Trinajstić information content (AvgIpc) is 2.88. The Morgan fingerprint density at radius 3 is 2.00 bits per heavy atom. The van der Waals surface area contributed by atoms with E-state index in [1.807, 2.05) is 61.1 Å². The normalized spacial score (nSPS) is 10.8. The fourth-order valence-corrected chi connectivity index (χ4v) is 4.20. The summed E-state index contributed by atoms with van der Waals surface area (Å²) in [6.45, 7) is 4.91. The summed E-state index contributed by atoms with van der Waals surface area (Å²) in [4.78, 5) is 10.2. The first-order valence-electron chi connectivity index (χ1n) is 11.5. The zero-order chi connectivity index (χ0) is 23.3. The minimum Gasteiger partial charge on any atom is -0.242 e. The topological polar surface area (TPSA) is 32.9 Å². The second kappa shape index (κ2) is 9.67. The minimum absolute atomic E-state index is 0.659. The highest BCUT2D eigenvalue weighted by Crippen LogP contribution is 2.31. The third-order valence-electron chi connectivity index (χ3n) is 5.72. The van der Waals surface area contributed by atoms with E-state index in [1.165, 1.54) is 16.7 Å². The molecule has 0 aliphatic heterocycles. The molecule has 3 aromatic carbocycles. The summed E-state index contributed by atoms with van der Waals surface area (Å²) in [5.74, 6) is 0.810. The molecule has 0 atom stereocenters. The van der Waals surface area contributed by atoms with Crippen molar-refractivity contribution in [3.05, 3.63) is 132 Å². The van der Waals surface area contributed by atoms with Crippen LogP contribution in [0.4, 0.5) is 5.82 Å². The largest absolute Gasteiger partial charge is 0.242 e. The smallest absolute Gasteiger partial charge is 0.215 e. The van der Waals surface area contributed by atoms with Gasteiger partial charge in [0.25, 0.3) is 0 Å². The molecule has 2 aromatic heterocycles. The number of hydrogen-bond donors (Lipinski definition) is 0. The number of aryl methyl sites for hydroxylation is 2. The summed E-state index contributed by atoms with van der Waals surface area (Å²) in [5.41, 5.74) is 7.43. The number of aromatic nitrogens is 3. The molecular weight excluding hydrogens is 416 g/mol. The molecule has 34 heavy (non-hydrogen) atoms. The Morgan fingerprint density at radius 1 is 0.706 bits per heavy atom. The molecule has 0 spiro atoms. The van der Waals surface area contributed by atoms with Crippen molar-refractivity contribution in [2.75, 3.05) is 5.01 Å². The Hall–Kier alpha value is -4.31. The molecule has 5 rings (SSSR count). The molecule has 2 heterocycles. The van der Waals surface area contributed by atoms with Crippen LogP contribution < -0.4 is 9.69 Å². The van der Waals surface area contributed by atoms with Crippen molar-refractivity contribution in [3.8, 4) is 22.5 Å². The van der Waals surface area contributed by atoms with Crippen LogP contribution in [0.25, 0.3) is 22.5 Å². The lowest BCUT2D eigenvalue weighted by Crippen LogP contribution is -2.54. The van der Waals surface area contributed by atoms with Crippen LogP contribution >= 0.6 is 0 Å². The monoisotopic (exact) mass is 443 g/mol. The Bertz CT molecular complexity index is 1360. The first-order valence-corrected chi connectivity index (χ1v) is 11.5. The number of pyridine rings is 1. The maximum atomic E-state index is 5.17. The van der Waals surface area contributed by atoms with Crippen molar-refractivity contribution in [2.24, 2.45) is 0 Å². The lowest BCUT2D eigenvalue weighted by Gasteiger charge is -2.20. The molecule has 0 N–H and O–H groups in total. The Kier molecular flexibility index (Phi) is 6.13. The zero-order valence-corrected chi connectivity index (χ0v) is 19.5. The van der Waals surface area contributed by atoms with Crippen molar-refractivity contribution in [1.29, 1.82) is 0 Å². The third kappa shape index (κ3) is 4.71. The lowest BCUT2D eigenvalue weighted by atomic mass is 10.0. The predicted octanol–water partition coefficient (Wildman–Crippen LogP) is 6.18. The van der Waals surface area contributed by atoms with Gasteiger partial charge in [-0.3, -0.25) is 0 Å². The zero-order valence-electron chi connectivity index (χ0n) is 19.5. The fraction of sp³-hybridized carbons (Fsp3) is 0.100. The second-order valence-electron chi connectivity index (χ2n) is 8.47. The molecule has 5 aromatic rings. The lowest BCUT2D eigenvalue weighted by molar-refractivity contribution is -0.686. The van der Waals surface area contributed by atoms with E-state index in [0.717, 1.165) is 28.3 Å². The number of nitrogens with zero attached hydrogens (tertiary/aromatic N) is 4. The Morgan fingerprint density at radius 2 is 1.32 bits per heavy atom. The molecule has 0 aliphatic rings. The van der Waals surface area contributed by atoms with Gasteiger partial charge in [-0.1, -0.05) is 88.6 Å². The SMILES string of the molecule is Cc1cc(C)cc(-c2nc(-c3ccccc3)cnc2N(Cc2ccccc2)[n+]2ccccc2)c1. The van der Waals surface area contributed by atoms with Crippen LogP contribution in [0.2, 0.25) is 0 Å². The summed E-state index contributed by atoms with van der Waals surface area (Å²) in [6.07, 6.45) is 5.96.